The zero-order valence-electron chi connectivity index (χ0n) is 9.23. The third-order valence-corrected chi connectivity index (χ3v) is 3.12. The van der Waals surface area contributed by atoms with Crippen molar-refractivity contribution in [1.82, 2.24) is 4.98 Å². The molecule has 2 aromatic heterocycles. The van der Waals surface area contributed by atoms with Gasteiger partial charge in [-0.3, -0.25) is 0 Å². The second-order valence-corrected chi connectivity index (χ2v) is 4.52. The number of nitrogens with zero attached hydrogens (tertiary/aromatic N) is 1. The molecule has 4 heteroatoms. The summed E-state index contributed by atoms with van der Waals surface area (Å²) in [5.41, 5.74) is 8.81. The average Bonchev–Trinajstić information content (AvgIpc) is 2.74. The minimum absolute atomic E-state index is 0.709. The number of aryl methyl sites for hydroxylation is 1. The first-order chi connectivity index (χ1) is 7.75. The van der Waals surface area contributed by atoms with Gasteiger partial charge in [0, 0.05) is 6.54 Å². The highest BCUT2D eigenvalue weighted by atomic mass is 32.1. The van der Waals surface area contributed by atoms with E-state index in [9.17, 15) is 0 Å². The second-order valence-electron chi connectivity index (χ2n) is 3.74. The van der Waals surface area contributed by atoms with Gasteiger partial charge in [-0.25, -0.2) is 4.98 Å². The summed E-state index contributed by atoms with van der Waals surface area (Å²) < 4.78 is 0. The number of hydrogen-bond donors (Lipinski definition) is 2. The van der Waals surface area contributed by atoms with E-state index in [2.05, 4.69) is 27.1 Å². The molecule has 0 unspecified atom stereocenters. The molecule has 84 valence electrons. The van der Waals surface area contributed by atoms with Crippen LogP contribution in [0.2, 0.25) is 0 Å². The van der Waals surface area contributed by atoms with Crippen molar-refractivity contribution in [3.63, 3.8) is 0 Å². The molecule has 0 radical (unpaired) electrons. The smallest absolute Gasteiger partial charge is 0.129 e. The summed E-state index contributed by atoms with van der Waals surface area (Å²) >= 11 is 1.73. The second kappa shape index (κ2) is 4.99. The van der Waals surface area contributed by atoms with Gasteiger partial charge in [0.15, 0.2) is 0 Å². The van der Waals surface area contributed by atoms with Crippen LogP contribution in [0.1, 0.15) is 11.1 Å². The van der Waals surface area contributed by atoms with Gasteiger partial charge in [0.2, 0.25) is 0 Å². The predicted molar refractivity (Wildman–Crippen MR) is 69.9 cm³/mol. The van der Waals surface area contributed by atoms with E-state index in [1.54, 1.807) is 17.5 Å². The fourth-order valence-corrected chi connectivity index (χ4v) is 2.24. The molecule has 0 aliphatic rings. The lowest BCUT2D eigenvalue weighted by Crippen LogP contribution is -2.07. The van der Waals surface area contributed by atoms with Crippen molar-refractivity contribution in [1.29, 1.82) is 0 Å². The van der Waals surface area contributed by atoms with Crippen molar-refractivity contribution in [2.75, 3.05) is 17.6 Å². The lowest BCUT2D eigenvalue weighted by atomic mass is 10.2. The minimum atomic E-state index is 0.709. The number of nitrogen functional groups attached to an aromatic ring is 1. The molecule has 3 nitrogen and oxygen atoms in total. The van der Waals surface area contributed by atoms with Crippen LogP contribution in [0, 0.1) is 6.92 Å². The van der Waals surface area contributed by atoms with Crippen molar-refractivity contribution < 1.29 is 0 Å². The van der Waals surface area contributed by atoms with Gasteiger partial charge in [0.25, 0.3) is 0 Å². The van der Waals surface area contributed by atoms with E-state index in [1.165, 1.54) is 5.56 Å². The molecule has 2 aromatic rings. The Balaban J connectivity index is 1.90. The molecule has 0 amide bonds. The fourth-order valence-electron chi connectivity index (χ4n) is 1.54. The van der Waals surface area contributed by atoms with Gasteiger partial charge in [-0.05, 0) is 47.4 Å². The Morgan fingerprint density at radius 1 is 1.50 bits per heavy atom. The molecule has 0 saturated heterocycles. The summed E-state index contributed by atoms with van der Waals surface area (Å²) in [6.07, 6.45) is 2.70. The molecular weight excluding hydrogens is 218 g/mol. The monoisotopic (exact) mass is 233 g/mol. The van der Waals surface area contributed by atoms with E-state index in [4.69, 9.17) is 5.73 Å². The summed E-state index contributed by atoms with van der Waals surface area (Å²) in [5, 5.41) is 7.59. The Labute approximate surface area is 99.3 Å². The standard InChI is InChI=1S/C12H15N3S/c1-9-6-11(13)7-15-12(9)14-4-2-10-3-5-16-8-10/h3,5-8H,2,4,13H2,1H3,(H,14,15). The highest BCUT2D eigenvalue weighted by Gasteiger charge is 1.99. The summed E-state index contributed by atoms with van der Waals surface area (Å²) in [6, 6.07) is 4.08. The van der Waals surface area contributed by atoms with E-state index < -0.39 is 0 Å². The van der Waals surface area contributed by atoms with Gasteiger partial charge >= 0.3 is 0 Å². The van der Waals surface area contributed by atoms with E-state index in [0.29, 0.717) is 5.69 Å². The van der Waals surface area contributed by atoms with Crippen LogP contribution in [-0.4, -0.2) is 11.5 Å². The molecule has 0 saturated carbocycles. The number of pyridine rings is 1. The van der Waals surface area contributed by atoms with Crippen LogP contribution in [0.15, 0.2) is 29.1 Å². The third-order valence-electron chi connectivity index (χ3n) is 2.39. The Hall–Kier alpha value is -1.55. The van der Waals surface area contributed by atoms with Crippen molar-refractivity contribution in [2.45, 2.75) is 13.3 Å². The molecule has 0 fully saturated rings. The molecule has 3 N–H and O–H groups in total. The number of rotatable bonds is 4. The summed E-state index contributed by atoms with van der Waals surface area (Å²) in [6.45, 7) is 2.91. The summed E-state index contributed by atoms with van der Waals surface area (Å²) in [7, 11) is 0. The maximum Gasteiger partial charge on any atom is 0.129 e. The Morgan fingerprint density at radius 2 is 2.38 bits per heavy atom. The molecule has 2 heterocycles. The van der Waals surface area contributed by atoms with Crippen LogP contribution < -0.4 is 11.1 Å². The molecule has 16 heavy (non-hydrogen) atoms. The number of aromatic nitrogens is 1. The Bertz CT molecular complexity index is 451. The minimum Gasteiger partial charge on any atom is -0.397 e. The van der Waals surface area contributed by atoms with Gasteiger partial charge in [-0.1, -0.05) is 0 Å². The van der Waals surface area contributed by atoms with Crippen molar-refractivity contribution in [3.8, 4) is 0 Å². The van der Waals surface area contributed by atoms with Gasteiger partial charge in [0.05, 0.1) is 11.9 Å². The highest BCUT2D eigenvalue weighted by molar-refractivity contribution is 7.07. The quantitative estimate of drug-likeness (QED) is 0.853. The first kappa shape index (κ1) is 11.0. The molecule has 0 spiro atoms. The highest BCUT2D eigenvalue weighted by Crippen LogP contribution is 2.14. The van der Waals surface area contributed by atoms with Crippen LogP contribution >= 0.6 is 11.3 Å². The SMILES string of the molecule is Cc1cc(N)cnc1NCCc1ccsc1. The van der Waals surface area contributed by atoms with Crippen LogP contribution in [0.4, 0.5) is 11.5 Å². The number of hydrogen-bond acceptors (Lipinski definition) is 4. The zero-order valence-corrected chi connectivity index (χ0v) is 10.1. The lowest BCUT2D eigenvalue weighted by Gasteiger charge is -2.08. The average molecular weight is 233 g/mol. The number of nitrogens with two attached hydrogens (primary N) is 1. The van der Waals surface area contributed by atoms with E-state index in [-0.39, 0.29) is 0 Å². The molecule has 0 bridgehead atoms. The maximum atomic E-state index is 5.64. The topological polar surface area (TPSA) is 50.9 Å². The third kappa shape index (κ3) is 2.73. The molecule has 0 aliphatic carbocycles. The Kier molecular flexibility index (Phi) is 3.41. The molecule has 0 aromatic carbocycles. The normalized spacial score (nSPS) is 10.3. The van der Waals surface area contributed by atoms with E-state index >= 15 is 0 Å². The fraction of sp³-hybridized carbons (Fsp3) is 0.250. The molecule has 0 atom stereocenters. The lowest BCUT2D eigenvalue weighted by molar-refractivity contribution is 1.01. The number of nitrogens with one attached hydrogen (secondary N) is 1. The van der Waals surface area contributed by atoms with E-state index in [1.807, 2.05) is 13.0 Å². The van der Waals surface area contributed by atoms with Gasteiger partial charge in [-0.15, -0.1) is 0 Å². The van der Waals surface area contributed by atoms with E-state index in [0.717, 1.165) is 24.3 Å². The van der Waals surface area contributed by atoms with Crippen LogP contribution in [0.3, 0.4) is 0 Å². The molecular formula is C12H15N3S. The number of anilines is 2. The van der Waals surface area contributed by atoms with Crippen molar-refractivity contribution >= 4 is 22.8 Å². The zero-order chi connectivity index (χ0) is 11.4. The Morgan fingerprint density at radius 3 is 3.06 bits per heavy atom. The van der Waals surface area contributed by atoms with Crippen LogP contribution in [0.5, 0.6) is 0 Å². The van der Waals surface area contributed by atoms with Gasteiger partial charge in [-0.2, -0.15) is 11.3 Å². The van der Waals surface area contributed by atoms with Gasteiger partial charge < -0.3 is 11.1 Å². The van der Waals surface area contributed by atoms with Crippen molar-refractivity contribution in [3.05, 3.63) is 40.2 Å². The summed E-state index contributed by atoms with van der Waals surface area (Å²) in [4.78, 5) is 4.26. The maximum absolute atomic E-state index is 5.64. The van der Waals surface area contributed by atoms with Crippen molar-refractivity contribution in [2.24, 2.45) is 0 Å². The number of thiophene rings is 1. The first-order valence-electron chi connectivity index (χ1n) is 5.23. The largest absolute Gasteiger partial charge is 0.397 e. The predicted octanol–water partition coefficient (Wildman–Crippen LogP) is 2.69. The van der Waals surface area contributed by atoms with Gasteiger partial charge in [0.1, 0.15) is 5.82 Å². The molecule has 0 aliphatic heterocycles. The molecule has 2 rings (SSSR count). The van der Waals surface area contributed by atoms with Crippen LogP contribution in [0.25, 0.3) is 0 Å². The summed E-state index contributed by atoms with van der Waals surface area (Å²) in [5.74, 6) is 0.921. The first-order valence-corrected chi connectivity index (χ1v) is 6.17. The van der Waals surface area contributed by atoms with Crippen LogP contribution in [-0.2, 0) is 6.42 Å².